The molecule has 4 rings (SSSR count). The van der Waals surface area contributed by atoms with E-state index in [1.165, 1.54) is 12.1 Å². The van der Waals surface area contributed by atoms with Gasteiger partial charge < -0.3 is 4.74 Å². The summed E-state index contributed by atoms with van der Waals surface area (Å²) in [7, 11) is 0. The molecule has 0 spiro atoms. The second-order valence-corrected chi connectivity index (χ2v) is 6.30. The molecule has 0 saturated heterocycles. The van der Waals surface area contributed by atoms with Crippen molar-refractivity contribution < 1.29 is 14.5 Å². The number of carbonyl (C=O) groups is 1. The molecule has 9 heteroatoms. The lowest BCUT2D eigenvalue weighted by molar-refractivity contribution is -0.384. The summed E-state index contributed by atoms with van der Waals surface area (Å²) < 4.78 is 8.55. The molecule has 9 nitrogen and oxygen atoms in total. The zero-order chi connectivity index (χ0) is 20.5. The normalized spacial score (nSPS) is 11.5. The summed E-state index contributed by atoms with van der Waals surface area (Å²) in [4.78, 5) is 27.4. The largest absolute Gasteiger partial charge is 0.461 e. The topological polar surface area (TPSA) is 104 Å². The van der Waals surface area contributed by atoms with Gasteiger partial charge in [0.25, 0.3) is 5.69 Å². The third-order valence-corrected chi connectivity index (χ3v) is 4.47. The maximum Gasteiger partial charge on any atom is 0.357 e. The Morgan fingerprint density at radius 1 is 1.21 bits per heavy atom. The van der Waals surface area contributed by atoms with Gasteiger partial charge in [-0.15, -0.1) is 0 Å². The lowest BCUT2D eigenvalue weighted by Crippen LogP contribution is -2.09. The van der Waals surface area contributed by atoms with E-state index in [0.717, 1.165) is 11.0 Å². The third kappa shape index (κ3) is 3.12. The minimum absolute atomic E-state index is 0.0129. The van der Waals surface area contributed by atoms with Crippen LogP contribution in [-0.2, 0) is 4.74 Å². The molecule has 0 atom stereocenters. The van der Waals surface area contributed by atoms with E-state index in [4.69, 9.17) is 4.74 Å². The fourth-order valence-electron chi connectivity index (χ4n) is 3.18. The number of hydrogen-bond donors (Lipinski definition) is 0. The van der Waals surface area contributed by atoms with Crippen LogP contribution in [0.1, 0.15) is 28.7 Å². The van der Waals surface area contributed by atoms with Crippen LogP contribution in [-0.4, -0.2) is 37.8 Å². The number of nitro benzene ring substituents is 1. The number of imidazole rings is 2. The molecule has 2 aromatic carbocycles. The number of rotatable bonds is 5. The number of benzene rings is 2. The van der Waals surface area contributed by atoms with Crippen molar-refractivity contribution in [3.8, 4) is 0 Å². The van der Waals surface area contributed by atoms with Gasteiger partial charge in [-0.3, -0.25) is 14.5 Å². The Kier molecular flexibility index (Phi) is 4.55. The van der Waals surface area contributed by atoms with Crippen LogP contribution in [0.25, 0.3) is 16.8 Å². The molecule has 0 N–H and O–H groups in total. The number of aromatic nitrogens is 3. The molecule has 2 aromatic heterocycles. The SMILES string of the molecule is CCOC(=O)c1c(C)nc2n(N=Cc3ccc([N+](=O)[O-])cc3)c3ccccc3n12. The minimum Gasteiger partial charge on any atom is -0.461 e. The molecule has 29 heavy (non-hydrogen) atoms. The van der Waals surface area contributed by atoms with Crippen molar-refractivity contribution in [3.05, 3.63) is 75.6 Å². The van der Waals surface area contributed by atoms with Crippen molar-refractivity contribution in [1.29, 1.82) is 0 Å². The number of ether oxygens (including phenoxy) is 1. The number of fused-ring (bicyclic) bond motifs is 3. The Hall–Kier alpha value is -4.01. The lowest BCUT2D eigenvalue weighted by Gasteiger charge is -2.01. The Bertz CT molecular complexity index is 1270. The standard InChI is InChI=1S/C20H17N5O4/c1-3-29-19(26)18-13(2)22-20-23(18)16-6-4-5-7-17(16)24(20)21-12-14-8-10-15(11-9-14)25(27)28/h4-12H,3H2,1-2H3. The Morgan fingerprint density at radius 3 is 2.55 bits per heavy atom. The highest BCUT2D eigenvalue weighted by atomic mass is 16.6. The second kappa shape index (κ2) is 7.19. The number of nitro groups is 1. The van der Waals surface area contributed by atoms with E-state index in [-0.39, 0.29) is 12.3 Å². The fourth-order valence-corrected chi connectivity index (χ4v) is 3.18. The monoisotopic (exact) mass is 391 g/mol. The number of aryl methyl sites for hydroxylation is 1. The first-order valence-corrected chi connectivity index (χ1v) is 8.95. The molecule has 0 amide bonds. The predicted molar refractivity (Wildman–Crippen MR) is 107 cm³/mol. The maximum atomic E-state index is 12.5. The predicted octanol–water partition coefficient (Wildman–Crippen LogP) is 3.56. The van der Waals surface area contributed by atoms with Crippen LogP contribution in [0.2, 0.25) is 0 Å². The molecule has 0 unspecified atom stereocenters. The summed E-state index contributed by atoms with van der Waals surface area (Å²) in [6, 6.07) is 13.6. The van der Waals surface area contributed by atoms with Crippen molar-refractivity contribution in [3.63, 3.8) is 0 Å². The number of nitrogens with zero attached hydrogens (tertiary/aromatic N) is 5. The van der Waals surface area contributed by atoms with Crippen molar-refractivity contribution >= 4 is 34.7 Å². The lowest BCUT2D eigenvalue weighted by atomic mass is 10.2. The second-order valence-electron chi connectivity index (χ2n) is 6.30. The van der Waals surface area contributed by atoms with Gasteiger partial charge in [-0.05, 0) is 43.7 Å². The van der Waals surface area contributed by atoms with Gasteiger partial charge in [-0.2, -0.15) is 9.78 Å². The van der Waals surface area contributed by atoms with Crippen LogP contribution in [0.3, 0.4) is 0 Å². The van der Waals surface area contributed by atoms with E-state index in [0.29, 0.717) is 22.7 Å². The van der Waals surface area contributed by atoms with Gasteiger partial charge in [0.05, 0.1) is 34.5 Å². The summed E-state index contributed by atoms with van der Waals surface area (Å²) in [5, 5.41) is 15.3. The van der Waals surface area contributed by atoms with Crippen molar-refractivity contribution in [2.24, 2.45) is 5.10 Å². The van der Waals surface area contributed by atoms with Crippen LogP contribution in [0.5, 0.6) is 0 Å². The van der Waals surface area contributed by atoms with Gasteiger partial charge >= 0.3 is 5.97 Å². The molecule has 0 bridgehead atoms. The number of esters is 1. The zero-order valence-corrected chi connectivity index (χ0v) is 15.8. The van der Waals surface area contributed by atoms with E-state index in [1.54, 1.807) is 41.3 Å². The maximum absolute atomic E-state index is 12.5. The molecule has 0 aliphatic carbocycles. The van der Waals surface area contributed by atoms with Gasteiger partial charge in [-0.25, -0.2) is 9.78 Å². The molecule has 2 heterocycles. The highest BCUT2D eigenvalue weighted by molar-refractivity contribution is 5.94. The van der Waals surface area contributed by atoms with Gasteiger partial charge in [0, 0.05) is 12.1 Å². The first-order chi connectivity index (χ1) is 14.0. The number of para-hydroxylation sites is 2. The summed E-state index contributed by atoms with van der Waals surface area (Å²) in [5.41, 5.74) is 3.15. The Morgan fingerprint density at radius 2 is 1.90 bits per heavy atom. The van der Waals surface area contributed by atoms with E-state index in [9.17, 15) is 14.9 Å². The average molecular weight is 391 g/mol. The van der Waals surface area contributed by atoms with Crippen molar-refractivity contribution in [2.45, 2.75) is 13.8 Å². The van der Waals surface area contributed by atoms with Gasteiger partial charge in [0.1, 0.15) is 0 Å². The van der Waals surface area contributed by atoms with Crippen LogP contribution < -0.4 is 0 Å². The van der Waals surface area contributed by atoms with Crippen molar-refractivity contribution in [2.75, 3.05) is 6.61 Å². The van der Waals surface area contributed by atoms with Crippen molar-refractivity contribution in [1.82, 2.24) is 14.1 Å². The zero-order valence-electron chi connectivity index (χ0n) is 15.8. The Labute approximate surface area is 165 Å². The molecule has 0 saturated carbocycles. The molecule has 4 aromatic rings. The average Bonchev–Trinajstić information content (AvgIpc) is 3.20. The van der Waals surface area contributed by atoms with Gasteiger partial charge in [0.15, 0.2) is 5.69 Å². The molecule has 146 valence electrons. The summed E-state index contributed by atoms with van der Waals surface area (Å²) in [6.45, 7) is 3.77. The molecule has 0 aliphatic heterocycles. The molecule has 0 fully saturated rings. The number of carbonyl (C=O) groups excluding carboxylic acids is 1. The first-order valence-electron chi connectivity index (χ1n) is 8.95. The number of hydrogen-bond acceptors (Lipinski definition) is 6. The number of non-ortho nitro benzene ring substituents is 1. The summed E-state index contributed by atoms with van der Waals surface area (Å²) >= 11 is 0. The fraction of sp³-hybridized carbons (Fsp3) is 0.150. The Balaban J connectivity index is 1.86. The highest BCUT2D eigenvalue weighted by Crippen LogP contribution is 2.25. The van der Waals surface area contributed by atoms with E-state index < -0.39 is 10.9 Å². The molecular formula is C20H17N5O4. The van der Waals surface area contributed by atoms with E-state index in [1.807, 2.05) is 24.3 Å². The quantitative estimate of drug-likeness (QED) is 0.224. The smallest absolute Gasteiger partial charge is 0.357 e. The van der Waals surface area contributed by atoms with Crippen LogP contribution in [0, 0.1) is 17.0 Å². The van der Waals surface area contributed by atoms with Crippen LogP contribution >= 0.6 is 0 Å². The van der Waals surface area contributed by atoms with Crippen LogP contribution in [0.15, 0.2) is 53.6 Å². The third-order valence-electron chi connectivity index (χ3n) is 4.47. The molecule has 0 aliphatic rings. The minimum atomic E-state index is -0.450. The van der Waals surface area contributed by atoms with E-state index in [2.05, 4.69) is 10.1 Å². The highest BCUT2D eigenvalue weighted by Gasteiger charge is 2.23. The first kappa shape index (κ1) is 18.4. The van der Waals surface area contributed by atoms with E-state index >= 15 is 0 Å². The molecular weight excluding hydrogens is 374 g/mol. The summed E-state index contributed by atoms with van der Waals surface area (Å²) in [6.07, 6.45) is 1.59. The van der Waals surface area contributed by atoms with Gasteiger partial charge in [-0.1, -0.05) is 12.1 Å². The van der Waals surface area contributed by atoms with Gasteiger partial charge in [0.2, 0.25) is 5.78 Å². The molecule has 0 radical (unpaired) electrons. The van der Waals surface area contributed by atoms with Crippen LogP contribution in [0.4, 0.5) is 5.69 Å². The summed E-state index contributed by atoms with van der Waals surface area (Å²) in [5.74, 6) is 0.0321.